The Hall–Kier alpha value is -2.93. The highest BCUT2D eigenvalue weighted by atomic mass is 19.1. The third kappa shape index (κ3) is 4.53. The minimum Gasteiger partial charge on any atom is -0.491 e. The molecule has 2 amide bonds. The Morgan fingerprint density at radius 2 is 1.91 bits per heavy atom. The molecule has 1 N–H and O–H groups in total. The van der Waals surface area contributed by atoms with Gasteiger partial charge in [-0.2, -0.15) is 4.99 Å². The number of urea groups is 1. The molecule has 0 radical (unpaired) electrons. The second-order valence-corrected chi connectivity index (χ2v) is 9.95. The number of amides is 2. The van der Waals surface area contributed by atoms with Crippen molar-refractivity contribution in [1.29, 1.82) is 0 Å². The molecular formula is C27H33FN4O2. The Balaban J connectivity index is 1.35. The molecule has 1 spiro atoms. The number of nitrogens with zero attached hydrogens (tertiary/aromatic N) is 3. The van der Waals surface area contributed by atoms with Gasteiger partial charge in [-0.25, -0.2) is 9.18 Å². The lowest BCUT2D eigenvalue weighted by Gasteiger charge is -2.46. The first-order chi connectivity index (χ1) is 16.4. The highest BCUT2D eigenvalue weighted by Gasteiger charge is 2.52. The van der Waals surface area contributed by atoms with Gasteiger partial charge in [-0.1, -0.05) is 18.2 Å². The van der Waals surface area contributed by atoms with Crippen LogP contribution in [0.5, 0.6) is 5.75 Å². The molecule has 0 atom stereocenters. The number of halogens is 1. The first kappa shape index (κ1) is 22.8. The summed E-state index contributed by atoms with van der Waals surface area (Å²) >= 11 is 0. The summed E-state index contributed by atoms with van der Waals surface area (Å²) in [6.07, 6.45) is 5.03. The van der Waals surface area contributed by atoms with Crippen LogP contribution >= 0.6 is 0 Å². The molecule has 7 heteroatoms. The molecule has 1 aliphatic carbocycles. The van der Waals surface area contributed by atoms with Gasteiger partial charge in [-0.05, 0) is 81.8 Å². The van der Waals surface area contributed by atoms with E-state index in [1.54, 1.807) is 17.0 Å². The highest BCUT2D eigenvalue weighted by Crippen LogP contribution is 2.39. The van der Waals surface area contributed by atoms with Crippen molar-refractivity contribution >= 4 is 17.6 Å². The fraction of sp³-hybridized carbons (Fsp3) is 0.481. The monoisotopic (exact) mass is 464 g/mol. The van der Waals surface area contributed by atoms with Crippen LogP contribution in [0.1, 0.15) is 51.5 Å². The maximum Gasteiger partial charge on any atom is 0.350 e. The van der Waals surface area contributed by atoms with Gasteiger partial charge in [-0.3, -0.25) is 9.80 Å². The van der Waals surface area contributed by atoms with Gasteiger partial charge in [0.1, 0.15) is 22.9 Å². The topological polar surface area (TPSA) is 57.2 Å². The number of ether oxygens (including phenoxy) is 1. The zero-order valence-corrected chi connectivity index (χ0v) is 20.0. The molecule has 2 fully saturated rings. The number of carbonyl (C=O) groups excluding carboxylic acids is 1. The van der Waals surface area contributed by atoms with E-state index in [1.165, 1.54) is 24.1 Å². The predicted octanol–water partition coefficient (Wildman–Crippen LogP) is 5.13. The van der Waals surface area contributed by atoms with E-state index in [2.05, 4.69) is 27.3 Å². The van der Waals surface area contributed by atoms with Gasteiger partial charge >= 0.3 is 6.03 Å². The van der Waals surface area contributed by atoms with E-state index in [0.717, 1.165) is 56.9 Å². The highest BCUT2D eigenvalue weighted by molar-refractivity contribution is 6.16. The molecule has 5 rings (SSSR count). The summed E-state index contributed by atoms with van der Waals surface area (Å²) < 4.78 is 19.9. The van der Waals surface area contributed by atoms with Crippen LogP contribution in [0.3, 0.4) is 0 Å². The SMILES string of the molecule is CC(C)Oc1cccc(CN2CCC3(CC2)C(NC2CCC2)=NC(=O)N3c2cccc(F)c2)c1. The second kappa shape index (κ2) is 9.37. The van der Waals surface area contributed by atoms with Crippen molar-refractivity contribution in [2.75, 3.05) is 18.0 Å². The Bertz CT molecular complexity index is 1070. The summed E-state index contributed by atoms with van der Waals surface area (Å²) in [7, 11) is 0. The summed E-state index contributed by atoms with van der Waals surface area (Å²) in [4.78, 5) is 21.7. The fourth-order valence-electron chi connectivity index (χ4n) is 5.21. The Kier molecular flexibility index (Phi) is 6.30. The molecule has 2 heterocycles. The molecular weight excluding hydrogens is 431 g/mol. The number of rotatable bonds is 6. The number of amidine groups is 1. The average molecular weight is 465 g/mol. The van der Waals surface area contributed by atoms with Gasteiger partial charge in [0, 0.05) is 31.4 Å². The predicted molar refractivity (Wildman–Crippen MR) is 132 cm³/mol. The maximum atomic E-state index is 14.1. The van der Waals surface area contributed by atoms with Crippen molar-refractivity contribution in [1.82, 2.24) is 10.2 Å². The number of hydrogen-bond donors (Lipinski definition) is 1. The molecule has 6 nitrogen and oxygen atoms in total. The van der Waals surface area contributed by atoms with Gasteiger partial charge in [0.05, 0.1) is 6.10 Å². The molecule has 3 aliphatic rings. The molecule has 0 aromatic heterocycles. The lowest BCUT2D eigenvalue weighted by molar-refractivity contribution is 0.180. The number of aliphatic imine (C=N–C) groups is 1. The van der Waals surface area contributed by atoms with E-state index in [-0.39, 0.29) is 18.0 Å². The van der Waals surface area contributed by atoms with Gasteiger partial charge in [0.2, 0.25) is 0 Å². The van der Waals surface area contributed by atoms with Crippen molar-refractivity contribution in [3.63, 3.8) is 0 Å². The molecule has 2 aromatic rings. The van der Waals surface area contributed by atoms with Crippen LogP contribution in [0.25, 0.3) is 0 Å². The second-order valence-electron chi connectivity index (χ2n) is 9.95. The standard InChI is InChI=1S/C27H33FN4O2/c1-19(2)34-24-11-3-6-20(16-24)18-31-14-12-27(13-15-31)25(29-22-8-5-9-22)30-26(33)32(27)23-10-4-7-21(28)17-23/h3-4,6-7,10-11,16-17,19,22H,5,8-9,12-15,18H2,1-2H3,(H,29,30,33). The lowest BCUT2D eigenvalue weighted by atomic mass is 9.83. The summed E-state index contributed by atoms with van der Waals surface area (Å²) in [6.45, 7) is 6.52. The van der Waals surface area contributed by atoms with Gasteiger partial charge < -0.3 is 10.1 Å². The summed E-state index contributed by atoms with van der Waals surface area (Å²) in [6, 6.07) is 14.6. The van der Waals surface area contributed by atoms with Crippen molar-refractivity contribution < 1.29 is 13.9 Å². The Morgan fingerprint density at radius 3 is 2.59 bits per heavy atom. The number of hydrogen-bond acceptors (Lipinski definition) is 4. The number of likely N-dealkylation sites (tertiary alicyclic amines) is 1. The smallest absolute Gasteiger partial charge is 0.350 e. The number of carbonyl (C=O) groups is 1. The quantitative estimate of drug-likeness (QED) is 0.644. The normalized spacial score (nSPS) is 20.5. The summed E-state index contributed by atoms with van der Waals surface area (Å²) in [5.41, 5.74) is 1.23. The fourth-order valence-corrected chi connectivity index (χ4v) is 5.21. The molecule has 0 bridgehead atoms. The number of anilines is 1. The molecule has 34 heavy (non-hydrogen) atoms. The van der Waals surface area contributed by atoms with Crippen LogP contribution in [0.4, 0.5) is 14.9 Å². The molecule has 1 saturated carbocycles. The number of benzene rings is 2. The zero-order chi connectivity index (χ0) is 23.7. The minimum atomic E-state index is -0.556. The van der Waals surface area contributed by atoms with E-state index in [0.29, 0.717) is 11.7 Å². The van der Waals surface area contributed by atoms with Gasteiger partial charge in [0.25, 0.3) is 0 Å². The van der Waals surface area contributed by atoms with E-state index >= 15 is 0 Å². The third-order valence-electron chi connectivity index (χ3n) is 7.14. The van der Waals surface area contributed by atoms with E-state index in [4.69, 9.17) is 4.74 Å². The van der Waals surface area contributed by atoms with Crippen molar-refractivity contribution in [3.8, 4) is 5.75 Å². The van der Waals surface area contributed by atoms with Crippen LogP contribution < -0.4 is 15.0 Å². The zero-order valence-electron chi connectivity index (χ0n) is 20.0. The van der Waals surface area contributed by atoms with E-state index in [1.807, 2.05) is 26.0 Å². The molecule has 180 valence electrons. The van der Waals surface area contributed by atoms with Gasteiger partial charge in [-0.15, -0.1) is 0 Å². The van der Waals surface area contributed by atoms with Crippen LogP contribution in [-0.2, 0) is 6.54 Å². The maximum absolute atomic E-state index is 14.1. The molecule has 1 saturated heterocycles. The van der Waals surface area contributed by atoms with Crippen molar-refractivity contribution in [2.24, 2.45) is 4.99 Å². The van der Waals surface area contributed by atoms with Crippen LogP contribution in [-0.4, -0.2) is 47.5 Å². The first-order valence-corrected chi connectivity index (χ1v) is 12.4. The largest absolute Gasteiger partial charge is 0.491 e. The molecule has 2 aromatic carbocycles. The Labute approximate surface area is 200 Å². The summed E-state index contributed by atoms with van der Waals surface area (Å²) in [5.74, 6) is 1.30. The van der Waals surface area contributed by atoms with Crippen molar-refractivity contribution in [2.45, 2.75) is 70.2 Å². The average Bonchev–Trinajstić information content (AvgIpc) is 3.03. The van der Waals surface area contributed by atoms with Crippen molar-refractivity contribution in [3.05, 3.63) is 59.9 Å². The molecule has 0 unspecified atom stereocenters. The number of piperidine rings is 1. The number of nitrogens with one attached hydrogen (secondary N) is 1. The Morgan fingerprint density at radius 1 is 1.15 bits per heavy atom. The van der Waals surface area contributed by atoms with E-state index in [9.17, 15) is 9.18 Å². The van der Waals surface area contributed by atoms with E-state index < -0.39 is 5.54 Å². The van der Waals surface area contributed by atoms with Crippen LogP contribution in [0, 0.1) is 5.82 Å². The lowest BCUT2D eigenvalue weighted by Crippen LogP contribution is -2.62. The first-order valence-electron chi connectivity index (χ1n) is 12.4. The van der Waals surface area contributed by atoms with Gasteiger partial charge in [0.15, 0.2) is 0 Å². The third-order valence-corrected chi connectivity index (χ3v) is 7.14. The summed E-state index contributed by atoms with van der Waals surface area (Å²) in [5, 5.41) is 3.57. The molecule has 2 aliphatic heterocycles. The van der Waals surface area contributed by atoms with Crippen LogP contribution in [0.2, 0.25) is 0 Å². The van der Waals surface area contributed by atoms with Crippen LogP contribution in [0.15, 0.2) is 53.5 Å². The minimum absolute atomic E-state index is 0.139.